The van der Waals surface area contributed by atoms with Crippen molar-refractivity contribution in [3.63, 3.8) is 0 Å². The number of aliphatic imine (C=N–C) groups is 1. The van der Waals surface area contributed by atoms with Crippen LogP contribution < -0.4 is 5.32 Å². The van der Waals surface area contributed by atoms with Gasteiger partial charge in [0.05, 0.1) is 17.5 Å². The van der Waals surface area contributed by atoms with E-state index in [1.54, 1.807) is 0 Å². The summed E-state index contributed by atoms with van der Waals surface area (Å²) in [6.07, 6.45) is 11.3. The zero-order valence-electron chi connectivity index (χ0n) is 24.3. The molecule has 0 aliphatic heterocycles. The first-order valence-corrected chi connectivity index (χ1v) is 14.7. The molecule has 2 heterocycles. The molecule has 1 fully saturated rings. The van der Waals surface area contributed by atoms with E-state index in [0.29, 0.717) is 24.0 Å². The number of methoxy groups -OCH3 is 1. The Morgan fingerprint density at radius 1 is 1.02 bits per heavy atom. The fourth-order valence-corrected chi connectivity index (χ4v) is 6.25. The quantitative estimate of drug-likeness (QED) is 0.179. The van der Waals surface area contributed by atoms with Crippen molar-refractivity contribution in [2.75, 3.05) is 7.11 Å². The zero-order chi connectivity index (χ0) is 28.3. The van der Waals surface area contributed by atoms with Crippen molar-refractivity contribution >= 4 is 24.2 Å². The van der Waals surface area contributed by atoms with E-state index in [1.807, 2.05) is 19.4 Å². The molecule has 2 N–H and O–H groups in total. The van der Waals surface area contributed by atoms with Crippen LogP contribution in [0.2, 0.25) is 0 Å². The number of allylic oxidation sites excluding steroid dienone is 1. The number of H-pyrrole nitrogens is 1. The van der Waals surface area contributed by atoms with Crippen LogP contribution >= 0.6 is 0 Å². The molecule has 1 saturated carbocycles. The second-order valence-electron chi connectivity index (χ2n) is 11.5. The van der Waals surface area contributed by atoms with Gasteiger partial charge in [0.1, 0.15) is 0 Å². The third-order valence-corrected chi connectivity index (χ3v) is 8.84. The minimum absolute atomic E-state index is 0.440. The Bertz CT molecular complexity index is 1560. The maximum absolute atomic E-state index is 5.46. The normalized spacial score (nSPS) is 20.7. The lowest BCUT2D eigenvalue weighted by molar-refractivity contribution is 0.0137. The van der Waals surface area contributed by atoms with E-state index in [1.165, 1.54) is 35.1 Å². The number of hydrogen-bond donors (Lipinski definition) is 2. The first kappa shape index (κ1) is 27.3. The zero-order valence-corrected chi connectivity index (χ0v) is 24.3. The maximum atomic E-state index is 5.46. The topological polar surface area (TPSA) is 75.2 Å². The van der Waals surface area contributed by atoms with Crippen LogP contribution in [0.4, 0.5) is 5.82 Å². The van der Waals surface area contributed by atoms with Crippen LogP contribution in [0.15, 0.2) is 65.8 Å². The minimum atomic E-state index is 0.440. The second-order valence-corrected chi connectivity index (χ2v) is 11.5. The van der Waals surface area contributed by atoms with Crippen molar-refractivity contribution < 1.29 is 4.74 Å². The Labute approximate surface area is 243 Å². The predicted octanol–water partition coefficient (Wildman–Crippen LogP) is 7.35. The number of aromatic nitrogens is 3. The standard InChI is InChI=1S/C35H39N5O/c1-22-6-5-17-37-33(22)25-8-10-26(11-9-25)34-32(35(36-3)40-39-34)18-23(2)27-12-7-24-13-15-29(16-14-28(24)19-27)38-30-20-31(21-30)41-4/h5-12,17-19,29-31,38H,3,13-16,20-21H2,1-2,4H3,(H,39,40)/b23-18+/t29-,30?,31?/m0/s1. The summed E-state index contributed by atoms with van der Waals surface area (Å²) in [6, 6.07) is 20.7. The molecule has 0 bridgehead atoms. The fourth-order valence-electron chi connectivity index (χ4n) is 6.25. The monoisotopic (exact) mass is 545 g/mol. The molecule has 2 aliphatic rings. The molecule has 4 aromatic rings. The third-order valence-electron chi connectivity index (χ3n) is 8.84. The highest BCUT2D eigenvalue weighted by Gasteiger charge is 2.31. The summed E-state index contributed by atoms with van der Waals surface area (Å²) < 4.78 is 5.46. The number of hydrogen-bond acceptors (Lipinski definition) is 5. The van der Waals surface area contributed by atoms with E-state index in [4.69, 9.17) is 4.74 Å². The number of nitrogens with zero attached hydrogens (tertiary/aromatic N) is 3. The van der Waals surface area contributed by atoms with Gasteiger partial charge in [0, 0.05) is 42.1 Å². The highest BCUT2D eigenvalue weighted by atomic mass is 16.5. The van der Waals surface area contributed by atoms with Crippen LogP contribution in [-0.2, 0) is 17.6 Å². The van der Waals surface area contributed by atoms with E-state index < -0.39 is 0 Å². The number of nitrogens with one attached hydrogen (secondary N) is 2. The molecule has 1 atom stereocenters. The predicted molar refractivity (Wildman–Crippen MR) is 169 cm³/mol. The van der Waals surface area contributed by atoms with Crippen molar-refractivity contribution in [1.82, 2.24) is 20.5 Å². The number of fused-ring (bicyclic) bond motifs is 1. The van der Waals surface area contributed by atoms with Gasteiger partial charge in [-0.1, -0.05) is 48.5 Å². The van der Waals surface area contributed by atoms with E-state index >= 15 is 0 Å². The Morgan fingerprint density at radius 2 is 1.78 bits per heavy atom. The van der Waals surface area contributed by atoms with Gasteiger partial charge in [0.15, 0.2) is 5.82 Å². The Kier molecular flexibility index (Phi) is 7.95. The molecule has 0 spiro atoms. The molecule has 0 amide bonds. The molecule has 6 heteroatoms. The van der Waals surface area contributed by atoms with Gasteiger partial charge in [0.25, 0.3) is 0 Å². The molecule has 41 heavy (non-hydrogen) atoms. The van der Waals surface area contributed by atoms with Crippen molar-refractivity contribution in [2.24, 2.45) is 4.99 Å². The Hall–Kier alpha value is -3.87. The first-order valence-electron chi connectivity index (χ1n) is 14.7. The van der Waals surface area contributed by atoms with Crippen LogP contribution in [0.25, 0.3) is 34.2 Å². The minimum Gasteiger partial charge on any atom is -0.381 e. The smallest absolute Gasteiger partial charge is 0.180 e. The largest absolute Gasteiger partial charge is 0.381 e. The molecule has 6 nitrogen and oxygen atoms in total. The summed E-state index contributed by atoms with van der Waals surface area (Å²) >= 11 is 0. The number of pyridine rings is 1. The van der Waals surface area contributed by atoms with Gasteiger partial charge in [-0.2, -0.15) is 5.10 Å². The van der Waals surface area contributed by atoms with Crippen molar-refractivity contribution in [1.29, 1.82) is 0 Å². The summed E-state index contributed by atoms with van der Waals surface area (Å²) in [7, 11) is 1.82. The van der Waals surface area contributed by atoms with E-state index in [-0.39, 0.29) is 0 Å². The third kappa shape index (κ3) is 5.81. The highest BCUT2D eigenvalue weighted by molar-refractivity contribution is 5.89. The Morgan fingerprint density at radius 3 is 2.51 bits per heavy atom. The molecule has 0 saturated heterocycles. The lowest BCUT2D eigenvalue weighted by Gasteiger charge is -2.37. The molecule has 0 unspecified atom stereocenters. The molecule has 2 aliphatic carbocycles. The molecule has 6 rings (SSSR count). The lowest BCUT2D eigenvalue weighted by atomic mass is 9.88. The van der Waals surface area contributed by atoms with Gasteiger partial charge in [-0.05, 0) is 99.1 Å². The van der Waals surface area contributed by atoms with Gasteiger partial charge in [-0.25, -0.2) is 4.99 Å². The van der Waals surface area contributed by atoms with Gasteiger partial charge < -0.3 is 10.1 Å². The molecule has 0 radical (unpaired) electrons. The van der Waals surface area contributed by atoms with Crippen molar-refractivity contribution in [3.8, 4) is 22.5 Å². The van der Waals surface area contributed by atoms with Crippen LogP contribution in [-0.4, -0.2) is 47.2 Å². The molecule has 210 valence electrons. The summed E-state index contributed by atoms with van der Waals surface area (Å²) in [5.41, 5.74) is 11.6. The highest BCUT2D eigenvalue weighted by Crippen LogP contribution is 2.34. The van der Waals surface area contributed by atoms with Gasteiger partial charge in [0.2, 0.25) is 0 Å². The fraction of sp³-hybridized carbons (Fsp3) is 0.343. The van der Waals surface area contributed by atoms with Gasteiger partial charge in [-0.3, -0.25) is 10.1 Å². The van der Waals surface area contributed by atoms with Crippen molar-refractivity contribution in [3.05, 3.63) is 88.6 Å². The van der Waals surface area contributed by atoms with E-state index in [2.05, 4.69) is 101 Å². The number of benzene rings is 2. The number of aromatic amines is 1. The van der Waals surface area contributed by atoms with Crippen LogP contribution in [0.5, 0.6) is 0 Å². The van der Waals surface area contributed by atoms with Crippen LogP contribution in [0.3, 0.4) is 0 Å². The summed E-state index contributed by atoms with van der Waals surface area (Å²) in [5, 5.41) is 11.6. The number of ether oxygens (including phenoxy) is 1. The second kappa shape index (κ2) is 11.9. The Balaban J connectivity index is 1.21. The average molecular weight is 546 g/mol. The SMILES string of the molecule is C=Nc1n[nH]c(-c2ccc(-c3ncccc3C)cc2)c1/C=C(\C)c1ccc2c(c1)CC[C@@H](NC1CC(OC)C1)CC2. The van der Waals surface area contributed by atoms with Crippen LogP contribution in [0, 0.1) is 6.92 Å². The molecule has 2 aromatic carbocycles. The average Bonchev–Trinajstić information content (AvgIpc) is 3.26. The summed E-state index contributed by atoms with van der Waals surface area (Å²) in [5.74, 6) is 0.611. The van der Waals surface area contributed by atoms with E-state index in [0.717, 1.165) is 59.3 Å². The van der Waals surface area contributed by atoms with Gasteiger partial charge in [-0.15, -0.1) is 0 Å². The van der Waals surface area contributed by atoms with Gasteiger partial charge >= 0.3 is 0 Å². The number of rotatable bonds is 8. The molecular formula is C35H39N5O. The number of aryl methyl sites for hydroxylation is 3. The molecule has 2 aromatic heterocycles. The van der Waals surface area contributed by atoms with Crippen molar-refractivity contribution in [2.45, 2.75) is 70.6 Å². The molecular weight excluding hydrogens is 506 g/mol. The maximum Gasteiger partial charge on any atom is 0.180 e. The van der Waals surface area contributed by atoms with Crippen LogP contribution in [0.1, 0.15) is 60.4 Å². The van der Waals surface area contributed by atoms with E-state index in [9.17, 15) is 0 Å². The lowest BCUT2D eigenvalue weighted by Crippen LogP contribution is -2.49. The summed E-state index contributed by atoms with van der Waals surface area (Å²) in [6.45, 7) is 8.03. The first-order chi connectivity index (χ1) is 20.0. The summed E-state index contributed by atoms with van der Waals surface area (Å²) in [4.78, 5) is 8.78.